The highest BCUT2D eigenvalue weighted by Crippen LogP contribution is 2.15. The van der Waals surface area contributed by atoms with Gasteiger partial charge in [-0.3, -0.25) is 15.4 Å². The van der Waals surface area contributed by atoms with E-state index in [0.29, 0.717) is 11.3 Å². The maximum absolute atomic E-state index is 12.1. The van der Waals surface area contributed by atoms with Gasteiger partial charge in [0.15, 0.2) is 0 Å². The molecule has 0 aliphatic rings. The number of carbonyl (C=O) groups is 2. The fourth-order valence-electron chi connectivity index (χ4n) is 1.87. The van der Waals surface area contributed by atoms with Crippen molar-refractivity contribution in [3.8, 4) is 5.88 Å². The molecule has 2 aromatic rings. The Morgan fingerprint density at radius 2 is 1.79 bits per heavy atom. The third-order valence-corrected chi connectivity index (χ3v) is 2.88. The molecule has 24 heavy (non-hydrogen) atoms. The van der Waals surface area contributed by atoms with Crippen LogP contribution in [0.1, 0.15) is 31.1 Å². The molecule has 0 bridgehead atoms. The summed E-state index contributed by atoms with van der Waals surface area (Å²) in [7, 11) is 1.65. The Labute approximate surface area is 139 Å². The minimum absolute atomic E-state index is 0.176. The van der Waals surface area contributed by atoms with E-state index in [-0.39, 0.29) is 17.7 Å². The summed E-state index contributed by atoms with van der Waals surface area (Å²) >= 11 is 0. The monoisotopic (exact) mass is 332 g/mol. The van der Waals surface area contributed by atoms with Crippen molar-refractivity contribution < 1.29 is 19.4 Å². The van der Waals surface area contributed by atoms with E-state index in [2.05, 4.69) is 15.6 Å². The third kappa shape index (κ3) is 4.73. The van der Waals surface area contributed by atoms with Crippen LogP contribution >= 0.6 is 0 Å². The van der Waals surface area contributed by atoms with Crippen LogP contribution in [0.25, 0.3) is 0 Å². The van der Waals surface area contributed by atoms with Gasteiger partial charge in [-0.25, -0.2) is 4.79 Å². The number of aromatic hydroxyl groups is 1. The quantitative estimate of drug-likeness (QED) is 0.801. The Morgan fingerprint density at radius 3 is 2.29 bits per heavy atom. The van der Waals surface area contributed by atoms with Gasteiger partial charge in [0.1, 0.15) is 5.60 Å². The third-order valence-electron chi connectivity index (χ3n) is 2.88. The molecule has 128 valence electrons. The van der Waals surface area contributed by atoms with E-state index in [1.165, 1.54) is 10.8 Å². The van der Waals surface area contributed by atoms with Crippen LogP contribution in [0.3, 0.4) is 0 Å². The van der Waals surface area contributed by atoms with Crippen LogP contribution < -0.4 is 10.6 Å². The molecule has 0 saturated carbocycles. The standard InChI is InChI=1S/C16H20N4O4/c1-16(2,3)24-15(23)17-11-7-5-10(6-8-11)13(22)19-14-18-12(21)9-20(14)4/h5-9,21H,1-4H3,(H,17,23)(H,18,19,22). The SMILES string of the molecule is Cn1cc(O)nc1NC(=O)c1ccc(NC(=O)OC(C)(C)C)cc1. The van der Waals surface area contributed by atoms with Crippen LogP contribution in [-0.2, 0) is 11.8 Å². The van der Waals surface area contributed by atoms with Gasteiger partial charge in [-0.1, -0.05) is 0 Å². The number of aromatic nitrogens is 2. The van der Waals surface area contributed by atoms with Crippen LogP contribution in [-0.4, -0.2) is 32.3 Å². The van der Waals surface area contributed by atoms with E-state index in [1.54, 1.807) is 52.1 Å². The van der Waals surface area contributed by atoms with E-state index in [4.69, 9.17) is 4.74 Å². The molecule has 0 fully saturated rings. The Balaban J connectivity index is 1.99. The van der Waals surface area contributed by atoms with Crippen molar-refractivity contribution in [2.75, 3.05) is 10.6 Å². The van der Waals surface area contributed by atoms with E-state index < -0.39 is 11.7 Å². The lowest BCUT2D eigenvalue weighted by Gasteiger charge is -2.19. The first-order valence-corrected chi connectivity index (χ1v) is 7.28. The molecule has 2 rings (SSSR count). The molecule has 2 amide bonds. The number of hydrogen-bond donors (Lipinski definition) is 3. The van der Waals surface area contributed by atoms with E-state index in [9.17, 15) is 14.7 Å². The largest absolute Gasteiger partial charge is 0.492 e. The maximum Gasteiger partial charge on any atom is 0.412 e. The van der Waals surface area contributed by atoms with Crippen molar-refractivity contribution in [3.63, 3.8) is 0 Å². The lowest BCUT2D eigenvalue weighted by atomic mass is 10.2. The Bertz CT molecular complexity index is 744. The van der Waals surface area contributed by atoms with E-state index >= 15 is 0 Å². The van der Waals surface area contributed by atoms with Gasteiger partial charge in [0, 0.05) is 18.3 Å². The van der Waals surface area contributed by atoms with Gasteiger partial charge < -0.3 is 14.4 Å². The van der Waals surface area contributed by atoms with Crippen molar-refractivity contribution in [2.24, 2.45) is 7.05 Å². The number of amides is 2. The summed E-state index contributed by atoms with van der Waals surface area (Å²) in [5.41, 5.74) is 0.306. The minimum Gasteiger partial charge on any atom is -0.492 e. The zero-order valence-electron chi connectivity index (χ0n) is 14.0. The van der Waals surface area contributed by atoms with Crippen LogP contribution in [0.5, 0.6) is 5.88 Å². The first-order valence-electron chi connectivity index (χ1n) is 7.28. The highest BCUT2D eigenvalue weighted by Gasteiger charge is 2.16. The number of nitrogens with zero attached hydrogens (tertiary/aromatic N) is 2. The topological polar surface area (TPSA) is 105 Å². The lowest BCUT2D eigenvalue weighted by molar-refractivity contribution is 0.0636. The van der Waals surface area contributed by atoms with Crippen LogP contribution in [0, 0.1) is 0 Å². The van der Waals surface area contributed by atoms with E-state index in [0.717, 1.165) is 0 Å². The molecule has 1 heterocycles. The molecule has 0 unspecified atom stereocenters. The molecule has 3 N–H and O–H groups in total. The Kier molecular flexibility index (Phi) is 4.77. The first-order chi connectivity index (χ1) is 11.1. The molecule has 1 aromatic heterocycles. The second-order valence-corrected chi connectivity index (χ2v) is 6.19. The number of hydrogen-bond acceptors (Lipinski definition) is 5. The molecule has 8 heteroatoms. The van der Waals surface area contributed by atoms with Gasteiger partial charge in [-0.05, 0) is 45.0 Å². The van der Waals surface area contributed by atoms with Crippen molar-refractivity contribution in [2.45, 2.75) is 26.4 Å². The number of imidazole rings is 1. The summed E-state index contributed by atoms with van der Waals surface area (Å²) in [6, 6.07) is 6.30. The van der Waals surface area contributed by atoms with E-state index in [1.807, 2.05) is 0 Å². The van der Waals surface area contributed by atoms with Crippen LogP contribution in [0.4, 0.5) is 16.4 Å². The summed E-state index contributed by atoms with van der Waals surface area (Å²) < 4.78 is 6.64. The summed E-state index contributed by atoms with van der Waals surface area (Å²) in [6.45, 7) is 5.32. The maximum atomic E-state index is 12.1. The molecular weight excluding hydrogens is 312 g/mol. The fourth-order valence-corrected chi connectivity index (χ4v) is 1.87. The second kappa shape index (κ2) is 6.61. The summed E-state index contributed by atoms with van der Waals surface area (Å²) in [5, 5.41) is 14.4. The molecule has 0 aliphatic carbocycles. The summed E-state index contributed by atoms with van der Waals surface area (Å²) in [4.78, 5) is 27.6. The molecule has 0 radical (unpaired) electrons. The molecule has 0 aliphatic heterocycles. The van der Waals surface area contributed by atoms with Crippen LogP contribution in [0.15, 0.2) is 30.5 Å². The predicted molar refractivity (Wildman–Crippen MR) is 89.1 cm³/mol. The lowest BCUT2D eigenvalue weighted by Crippen LogP contribution is -2.27. The van der Waals surface area contributed by atoms with Crippen LogP contribution in [0.2, 0.25) is 0 Å². The average Bonchev–Trinajstić information content (AvgIpc) is 2.75. The first kappa shape index (κ1) is 17.3. The van der Waals surface area contributed by atoms with Gasteiger partial charge in [0.05, 0.1) is 6.20 Å². The molecule has 8 nitrogen and oxygen atoms in total. The molecule has 0 spiro atoms. The number of anilines is 2. The normalized spacial score (nSPS) is 11.0. The average molecular weight is 332 g/mol. The van der Waals surface area contributed by atoms with Crippen molar-refractivity contribution in [3.05, 3.63) is 36.0 Å². The Hall–Kier alpha value is -3.03. The summed E-state index contributed by atoms with van der Waals surface area (Å²) in [5.74, 6) is -0.328. The zero-order chi connectivity index (χ0) is 17.9. The number of rotatable bonds is 3. The van der Waals surface area contributed by atoms with Gasteiger partial charge in [0.25, 0.3) is 5.91 Å². The number of benzene rings is 1. The van der Waals surface area contributed by atoms with Crippen molar-refractivity contribution in [1.82, 2.24) is 9.55 Å². The molecular formula is C16H20N4O4. The molecule has 0 saturated heterocycles. The smallest absolute Gasteiger partial charge is 0.412 e. The number of aryl methyl sites for hydroxylation is 1. The van der Waals surface area contributed by atoms with Crippen molar-refractivity contribution in [1.29, 1.82) is 0 Å². The second-order valence-electron chi connectivity index (χ2n) is 6.19. The number of ether oxygens (including phenoxy) is 1. The number of carbonyl (C=O) groups excluding carboxylic acids is 2. The highest BCUT2D eigenvalue weighted by molar-refractivity contribution is 6.03. The van der Waals surface area contributed by atoms with Gasteiger partial charge in [0.2, 0.25) is 11.8 Å². The fraction of sp³-hybridized carbons (Fsp3) is 0.312. The zero-order valence-corrected chi connectivity index (χ0v) is 14.0. The summed E-state index contributed by atoms with van der Waals surface area (Å²) in [6.07, 6.45) is 0.812. The Morgan fingerprint density at radius 1 is 1.17 bits per heavy atom. The van der Waals surface area contributed by atoms with Crippen molar-refractivity contribution >= 4 is 23.6 Å². The number of nitrogens with one attached hydrogen (secondary N) is 2. The predicted octanol–water partition coefficient (Wildman–Crippen LogP) is 2.73. The highest BCUT2D eigenvalue weighted by atomic mass is 16.6. The minimum atomic E-state index is -0.586. The van der Waals surface area contributed by atoms with Gasteiger partial charge in [-0.15, -0.1) is 0 Å². The molecule has 0 atom stereocenters. The van der Waals surface area contributed by atoms with Gasteiger partial charge >= 0.3 is 6.09 Å². The van der Waals surface area contributed by atoms with Gasteiger partial charge in [-0.2, -0.15) is 4.98 Å². The molecule has 1 aromatic carbocycles.